The van der Waals surface area contributed by atoms with Crippen molar-refractivity contribution in [2.45, 2.75) is 13.8 Å². The van der Waals surface area contributed by atoms with E-state index in [2.05, 4.69) is 36.5 Å². The Morgan fingerprint density at radius 3 is 2.75 bits per heavy atom. The van der Waals surface area contributed by atoms with Crippen molar-refractivity contribution in [1.29, 1.82) is 0 Å². The molecule has 0 spiro atoms. The molecule has 1 aromatic heterocycles. The van der Waals surface area contributed by atoms with Crippen LogP contribution in [0.15, 0.2) is 10.7 Å². The van der Waals surface area contributed by atoms with E-state index in [1.54, 1.807) is 13.2 Å². The summed E-state index contributed by atoms with van der Waals surface area (Å²) in [6, 6.07) is 0. The van der Waals surface area contributed by atoms with Crippen molar-refractivity contribution >= 4 is 27.7 Å². The zero-order valence-corrected chi connectivity index (χ0v) is 11.3. The van der Waals surface area contributed by atoms with Crippen LogP contribution in [0, 0.1) is 5.41 Å². The van der Waals surface area contributed by atoms with Gasteiger partial charge in [-0.15, -0.1) is 0 Å². The smallest absolute Gasteiger partial charge is 0.224 e. The first-order chi connectivity index (χ1) is 7.48. The average Bonchev–Trinajstić information content (AvgIpc) is 2.28. The lowest BCUT2D eigenvalue weighted by Gasteiger charge is -2.22. The van der Waals surface area contributed by atoms with E-state index in [4.69, 9.17) is 5.11 Å². The fourth-order valence-electron chi connectivity index (χ4n) is 0.990. The van der Waals surface area contributed by atoms with Gasteiger partial charge in [-0.1, -0.05) is 13.8 Å². The Bertz CT molecular complexity index is 357. The van der Waals surface area contributed by atoms with Crippen molar-refractivity contribution in [3.8, 4) is 0 Å². The zero-order chi connectivity index (χ0) is 12.2. The van der Waals surface area contributed by atoms with E-state index in [1.165, 1.54) is 0 Å². The van der Waals surface area contributed by atoms with Crippen LogP contribution in [0.1, 0.15) is 13.8 Å². The summed E-state index contributed by atoms with van der Waals surface area (Å²) in [5, 5.41) is 15.2. The highest BCUT2D eigenvalue weighted by atomic mass is 79.9. The van der Waals surface area contributed by atoms with Gasteiger partial charge in [0, 0.05) is 31.8 Å². The van der Waals surface area contributed by atoms with Gasteiger partial charge >= 0.3 is 0 Å². The number of aromatic nitrogens is 2. The fourth-order valence-corrected chi connectivity index (χ4v) is 1.32. The number of halogens is 1. The second-order valence-corrected chi connectivity index (χ2v) is 5.17. The largest absolute Gasteiger partial charge is 0.396 e. The van der Waals surface area contributed by atoms with E-state index < -0.39 is 0 Å². The number of anilines is 2. The van der Waals surface area contributed by atoms with Gasteiger partial charge in [-0.05, 0) is 15.9 Å². The summed E-state index contributed by atoms with van der Waals surface area (Å²) in [7, 11) is 1.77. The van der Waals surface area contributed by atoms with E-state index in [-0.39, 0.29) is 12.0 Å². The lowest BCUT2D eigenvalue weighted by atomic mass is 9.95. The molecule has 0 saturated heterocycles. The molecule has 0 aliphatic heterocycles. The highest BCUT2D eigenvalue weighted by Gasteiger charge is 2.17. The van der Waals surface area contributed by atoms with Gasteiger partial charge in [-0.3, -0.25) is 0 Å². The number of nitrogens with zero attached hydrogens (tertiary/aromatic N) is 2. The molecule has 1 aromatic rings. The molecular weight excluding hydrogens is 272 g/mol. The molecule has 1 rings (SSSR count). The summed E-state index contributed by atoms with van der Waals surface area (Å²) in [6.07, 6.45) is 1.69. The summed E-state index contributed by atoms with van der Waals surface area (Å²) >= 11 is 3.37. The van der Waals surface area contributed by atoms with Crippen molar-refractivity contribution in [2.24, 2.45) is 5.41 Å². The topological polar surface area (TPSA) is 70.1 Å². The van der Waals surface area contributed by atoms with Gasteiger partial charge < -0.3 is 15.7 Å². The van der Waals surface area contributed by atoms with Crippen LogP contribution in [0.4, 0.5) is 11.8 Å². The average molecular weight is 289 g/mol. The molecule has 0 saturated carbocycles. The summed E-state index contributed by atoms with van der Waals surface area (Å²) in [6.45, 7) is 4.73. The minimum absolute atomic E-state index is 0.127. The molecule has 0 radical (unpaired) electrons. The monoisotopic (exact) mass is 288 g/mol. The maximum Gasteiger partial charge on any atom is 0.224 e. The third-order valence-corrected chi connectivity index (χ3v) is 2.71. The number of nitrogens with one attached hydrogen (secondary N) is 2. The third kappa shape index (κ3) is 3.61. The second kappa shape index (κ2) is 5.45. The number of hydrogen-bond donors (Lipinski definition) is 3. The quantitative estimate of drug-likeness (QED) is 0.770. The Morgan fingerprint density at radius 1 is 1.50 bits per heavy atom. The molecule has 0 fully saturated rings. The van der Waals surface area contributed by atoms with Crippen molar-refractivity contribution in [1.82, 2.24) is 9.97 Å². The SMILES string of the molecule is CNc1ncc(Br)c(NCC(C)(C)CO)n1. The first-order valence-corrected chi connectivity index (χ1v) is 5.83. The van der Waals surface area contributed by atoms with E-state index in [9.17, 15) is 0 Å². The van der Waals surface area contributed by atoms with Gasteiger partial charge in [0.2, 0.25) is 5.95 Å². The number of aliphatic hydroxyl groups is 1. The van der Waals surface area contributed by atoms with Gasteiger partial charge in [0.05, 0.1) is 4.47 Å². The van der Waals surface area contributed by atoms with Crippen molar-refractivity contribution in [3.63, 3.8) is 0 Å². The van der Waals surface area contributed by atoms with Crippen LogP contribution in [0.5, 0.6) is 0 Å². The minimum atomic E-state index is -0.176. The summed E-state index contributed by atoms with van der Waals surface area (Å²) in [4.78, 5) is 8.33. The Hall–Kier alpha value is -0.880. The van der Waals surface area contributed by atoms with Gasteiger partial charge in [0.25, 0.3) is 0 Å². The van der Waals surface area contributed by atoms with Crippen LogP contribution in [0.3, 0.4) is 0 Å². The van der Waals surface area contributed by atoms with Crippen LogP contribution in [-0.2, 0) is 0 Å². The third-order valence-electron chi connectivity index (χ3n) is 2.13. The maximum atomic E-state index is 9.15. The summed E-state index contributed by atoms with van der Waals surface area (Å²) < 4.78 is 0.806. The Labute approximate surface area is 104 Å². The predicted molar refractivity (Wildman–Crippen MR) is 68.6 cm³/mol. The highest BCUT2D eigenvalue weighted by Crippen LogP contribution is 2.22. The number of rotatable bonds is 5. The lowest BCUT2D eigenvalue weighted by Crippen LogP contribution is -2.27. The molecule has 0 aromatic carbocycles. The van der Waals surface area contributed by atoms with Crippen LogP contribution in [0.2, 0.25) is 0 Å². The van der Waals surface area contributed by atoms with Gasteiger partial charge in [-0.2, -0.15) is 4.98 Å². The molecule has 16 heavy (non-hydrogen) atoms. The molecule has 5 nitrogen and oxygen atoms in total. The zero-order valence-electron chi connectivity index (χ0n) is 9.71. The predicted octanol–water partition coefficient (Wildman–Crippen LogP) is 1.71. The maximum absolute atomic E-state index is 9.15. The lowest BCUT2D eigenvalue weighted by molar-refractivity contribution is 0.170. The molecule has 0 amide bonds. The van der Waals surface area contributed by atoms with Gasteiger partial charge in [-0.25, -0.2) is 4.98 Å². The first-order valence-electron chi connectivity index (χ1n) is 5.03. The molecule has 1 heterocycles. The van der Waals surface area contributed by atoms with Gasteiger partial charge in [0.15, 0.2) is 0 Å². The van der Waals surface area contributed by atoms with E-state index in [0.29, 0.717) is 12.5 Å². The van der Waals surface area contributed by atoms with E-state index in [0.717, 1.165) is 10.3 Å². The van der Waals surface area contributed by atoms with Crippen molar-refractivity contribution < 1.29 is 5.11 Å². The van der Waals surface area contributed by atoms with Crippen LogP contribution < -0.4 is 10.6 Å². The Balaban J connectivity index is 2.73. The van der Waals surface area contributed by atoms with E-state index >= 15 is 0 Å². The fraction of sp³-hybridized carbons (Fsp3) is 0.600. The number of aliphatic hydroxyl groups excluding tert-OH is 1. The molecule has 90 valence electrons. The van der Waals surface area contributed by atoms with Crippen LogP contribution in [-0.4, -0.2) is 35.3 Å². The van der Waals surface area contributed by atoms with Crippen LogP contribution >= 0.6 is 15.9 Å². The molecule has 0 bridgehead atoms. The number of hydrogen-bond acceptors (Lipinski definition) is 5. The summed E-state index contributed by atoms with van der Waals surface area (Å²) in [5.41, 5.74) is -0.176. The molecular formula is C10H17BrN4O. The normalized spacial score (nSPS) is 11.3. The van der Waals surface area contributed by atoms with Crippen LogP contribution in [0.25, 0.3) is 0 Å². The van der Waals surface area contributed by atoms with Crippen molar-refractivity contribution in [3.05, 3.63) is 10.7 Å². The van der Waals surface area contributed by atoms with Crippen molar-refractivity contribution in [2.75, 3.05) is 30.8 Å². The standard InChI is InChI=1S/C10H17BrN4O/c1-10(2,6-16)5-14-8-7(11)4-13-9(12-3)15-8/h4,16H,5-6H2,1-3H3,(H2,12,13,14,15). The molecule has 0 atom stereocenters. The molecule has 0 unspecified atom stereocenters. The molecule has 6 heteroatoms. The summed E-state index contributed by atoms with van der Waals surface area (Å²) in [5.74, 6) is 1.29. The molecule has 0 aliphatic rings. The second-order valence-electron chi connectivity index (χ2n) is 4.32. The first kappa shape index (κ1) is 13.2. The highest BCUT2D eigenvalue weighted by molar-refractivity contribution is 9.10. The van der Waals surface area contributed by atoms with Gasteiger partial charge in [0.1, 0.15) is 5.82 Å². The Kier molecular flexibility index (Phi) is 4.49. The van der Waals surface area contributed by atoms with E-state index in [1.807, 2.05) is 13.8 Å². The molecule has 3 N–H and O–H groups in total. The molecule has 0 aliphatic carbocycles. The Morgan fingerprint density at radius 2 is 2.19 bits per heavy atom. The minimum Gasteiger partial charge on any atom is -0.396 e.